The normalized spacial score (nSPS) is 10.7. The minimum Gasteiger partial charge on any atom is -0.481 e. The number of hydrogen-bond donors (Lipinski definition) is 1. The largest absolute Gasteiger partial charge is 0.481 e. The van der Waals surface area contributed by atoms with Gasteiger partial charge in [0.25, 0.3) is 0 Å². The lowest BCUT2D eigenvalue weighted by Crippen LogP contribution is -2.03. The topological polar surface area (TPSA) is 68.0 Å². The Balaban J connectivity index is 2.40. The molecule has 0 aliphatic heterocycles. The Morgan fingerprint density at radius 1 is 1.42 bits per heavy atom. The quantitative estimate of drug-likeness (QED) is 0.866. The highest BCUT2D eigenvalue weighted by molar-refractivity contribution is 9.10. The van der Waals surface area contributed by atoms with Crippen LogP contribution in [0.2, 0.25) is 0 Å². The van der Waals surface area contributed by atoms with Crippen molar-refractivity contribution in [3.05, 3.63) is 34.1 Å². The van der Waals surface area contributed by atoms with Gasteiger partial charge in [0.2, 0.25) is 0 Å². The molecular formula is C12H12BrN3O2S. The van der Waals surface area contributed by atoms with Crippen LogP contribution >= 0.6 is 27.7 Å². The number of carboxylic acids is 1. The molecule has 0 bridgehead atoms. The van der Waals surface area contributed by atoms with Crippen LogP contribution in [0.1, 0.15) is 11.4 Å². The highest BCUT2D eigenvalue weighted by atomic mass is 79.9. The van der Waals surface area contributed by atoms with Crippen molar-refractivity contribution in [2.45, 2.75) is 19.0 Å². The van der Waals surface area contributed by atoms with Crippen molar-refractivity contribution >= 4 is 33.7 Å². The Labute approximate surface area is 123 Å². The number of carboxylic acid groups (broad SMARTS) is 1. The van der Waals surface area contributed by atoms with Crippen LogP contribution in [-0.2, 0) is 4.79 Å². The lowest BCUT2D eigenvalue weighted by molar-refractivity contribution is -0.133. The first-order valence-electron chi connectivity index (χ1n) is 5.52. The molecule has 2 aromatic rings. The molecule has 0 spiro atoms. The van der Waals surface area contributed by atoms with Gasteiger partial charge in [-0.15, -0.1) is 10.2 Å². The van der Waals surface area contributed by atoms with Crippen molar-refractivity contribution in [3.63, 3.8) is 0 Å². The zero-order valence-electron chi connectivity index (χ0n) is 10.4. The van der Waals surface area contributed by atoms with Gasteiger partial charge in [0.05, 0.1) is 5.75 Å². The summed E-state index contributed by atoms with van der Waals surface area (Å²) in [5.74, 6) is -0.174. The number of nitrogens with zero attached hydrogens (tertiary/aromatic N) is 3. The molecule has 5 nitrogen and oxygen atoms in total. The van der Waals surface area contributed by atoms with Gasteiger partial charge in [-0.25, -0.2) is 0 Å². The van der Waals surface area contributed by atoms with E-state index in [1.807, 2.05) is 36.6 Å². The van der Waals surface area contributed by atoms with Gasteiger partial charge in [-0.1, -0.05) is 27.7 Å². The molecule has 1 aromatic carbocycles. The number of hydrogen-bond acceptors (Lipinski definition) is 4. The number of carbonyl (C=O) groups is 1. The van der Waals surface area contributed by atoms with Gasteiger partial charge in [-0.2, -0.15) is 0 Å². The van der Waals surface area contributed by atoms with Crippen LogP contribution in [-0.4, -0.2) is 31.6 Å². The molecule has 0 aliphatic rings. The smallest absolute Gasteiger partial charge is 0.313 e. The van der Waals surface area contributed by atoms with E-state index in [1.165, 1.54) is 0 Å². The molecule has 19 heavy (non-hydrogen) atoms. The predicted molar refractivity (Wildman–Crippen MR) is 76.9 cm³/mol. The minimum atomic E-state index is -0.871. The van der Waals surface area contributed by atoms with E-state index in [0.29, 0.717) is 5.16 Å². The van der Waals surface area contributed by atoms with Crippen LogP contribution in [0.5, 0.6) is 0 Å². The fraction of sp³-hybridized carbons (Fsp3) is 0.250. The number of aliphatic carboxylic acids is 1. The molecule has 1 N–H and O–H groups in total. The summed E-state index contributed by atoms with van der Waals surface area (Å²) in [6.45, 7) is 3.84. The van der Waals surface area contributed by atoms with E-state index in [0.717, 1.165) is 33.3 Å². The van der Waals surface area contributed by atoms with E-state index in [1.54, 1.807) is 0 Å². The summed E-state index contributed by atoms with van der Waals surface area (Å²) in [6, 6.07) is 5.90. The van der Waals surface area contributed by atoms with Gasteiger partial charge in [0, 0.05) is 10.2 Å². The summed E-state index contributed by atoms with van der Waals surface area (Å²) in [7, 11) is 0. The van der Waals surface area contributed by atoms with E-state index in [-0.39, 0.29) is 5.75 Å². The summed E-state index contributed by atoms with van der Waals surface area (Å²) in [6.07, 6.45) is 0. The van der Waals surface area contributed by atoms with E-state index in [9.17, 15) is 4.79 Å². The molecular weight excluding hydrogens is 330 g/mol. The molecule has 2 rings (SSSR count). The lowest BCUT2D eigenvalue weighted by atomic mass is 10.2. The van der Waals surface area contributed by atoms with Crippen LogP contribution in [0.4, 0.5) is 0 Å². The van der Waals surface area contributed by atoms with Gasteiger partial charge in [0.1, 0.15) is 5.82 Å². The van der Waals surface area contributed by atoms with Crippen molar-refractivity contribution in [3.8, 4) is 5.69 Å². The van der Waals surface area contributed by atoms with Crippen molar-refractivity contribution in [2.24, 2.45) is 0 Å². The second-order valence-corrected chi connectivity index (χ2v) is 5.78. The summed E-state index contributed by atoms with van der Waals surface area (Å²) in [5.41, 5.74) is 2.02. The first-order chi connectivity index (χ1) is 8.99. The molecule has 0 saturated heterocycles. The third kappa shape index (κ3) is 3.16. The first kappa shape index (κ1) is 14.1. The molecule has 0 unspecified atom stereocenters. The SMILES string of the molecule is Cc1cc(-n2c(C)nnc2SCC(=O)O)ccc1Br. The fourth-order valence-corrected chi connectivity index (χ4v) is 2.59. The van der Waals surface area contributed by atoms with E-state index < -0.39 is 5.97 Å². The molecule has 1 heterocycles. The molecule has 0 aliphatic carbocycles. The number of halogens is 1. The Morgan fingerprint density at radius 2 is 2.16 bits per heavy atom. The van der Waals surface area contributed by atoms with Gasteiger partial charge < -0.3 is 5.11 Å². The van der Waals surface area contributed by atoms with Crippen LogP contribution in [0.25, 0.3) is 5.69 Å². The zero-order valence-corrected chi connectivity index (χ0v) is 12.8. The molecule has 0 atom stereocenters. The maximum absolute atomic E-state index is 10.6. The second kappa shape index (κ2) is 5.75. The third-order valence-electron chi connectivity index (χ3n) is 2.52. The van der Waals surface area contributed by atoms with Crippen molar-refractivity contribution in [2.75, 3.05) is 5.75 Å². The standard InChI is InChI=1S/C12H12BrN3O2S/c1-7-5-9(3-4-10(7)13)16-8(2)14-15-12(16)19-6-11(17)18/h3-5H,6H2,1-2H3,(H,17,18). The molecule has 1 aromatic heterocycles. The van der Waals surface area contributed by atoms with Gasteiger partial charge in [-0.05, 0) is 37.6 Å². The number of benzene rings is 1. The Kier molecular flexibility index (Phi) is 4.26. The van der Waals surface area contributed by atoms with E-state index in [2.05, 4.69) is 26.1 Å². The van der Waals surface area contributed by atoms with Crippen LogP contribution in [0.15, 0.2) is 27.8 Å². The summed E-state index contributed by atoms with van der Waals surface area (Å²) >= 11 is 4.62. The van der Waals surface area contributed by atoms with Crippen molar-refractivity contribution < 1.29 is 9.90 Å². The zero-order chi connectivity index (χ0) is 14.0. The minimum absolute atomic E-state index is 0.0341. The Morgan fingerprint density at radius 3 is 2.79 bits per heavy atom. The third-order valence-corrected chi connectivity index (χ3v) is 4.32. The molecule has 7 heteroatoms. The first-order valence-corrected chi connectivity index (χ1v) is 7.30. The average Bonchev–Trinajstić information content (AvgIpc) is 2.71. The summed E-state index contributed by atoms with van der Waals surface area (Å²) in [4.78, 5) is 10.6. The number of thioether (sulfide) groups is 1. The average molecular weight is 342 g/mol. The van der Waals surface area contributed by atoms with Crippen molar-refractivity contribution in [1.82, 2.24) is 14.8 Å². The van der Waals surface area contributed by atoms with E-state index in [4.69, 9.17) is 5.11 Å². The summed E-state index contributed by atoms with van der Waals surface area (Å²) < 4.78 is 2.88. The van der Waals surface area contributed by atoms with E-state index >= 15 is 0 Å². The van der Waals surface area contributed by atoms with Crippen LogP contribution in [0.3, 0.4) is 0 Å². The highest BCUT2D eigenvalue weighted by Gasteiger charge is 2.13. The van der Waals surface area contributed by atoms with Gasteiger partial charge >= 0.3 is 5.97 Å². The molecule has 0 fully saturated rings. The summed E-state index contributed by atoms with van der Waals surface area (Å²) in [5, 5.41) is 17.4. The lowest BCUT2D eigenvalue weighted by Gasteiger charge is -2.09. The molecule has 0 saturated carbocycles. The van der Waals surface area contributed by atoms with Crippen LogP contribution < -0.4 is 0 Å². The monoisotopic (exact) mass is 341 g/mol. The Bertz CT molecular complexity index is 627. The fourth-order valence-electron chi connectivity index (χ4n) is 1.63. The molecule has 100 valence electrons. The van der Waals surface area contributed by atoms with Crippen molar-refractivity contribution in [1.29, 1.82) is 0 Å². The number of aromatic nitrogens is 3. The highest BCUT2D eigenvalue weighted by Crippen LogP contribution is 2.25. The Hall–Kier alpha value is -1.34. The van der Waals surface area contributed by atoms with Crippen LogP contribution in [0, 0.1) is 13.8 Å². The number of rotatable bonds is 4. The maximum Gasteiger partial charge on any atom is 0.313 e. The number of aryl methyl sites for hydroxylation is 2. The van der Waals surface area contributed by atoms with Gasteiger partial charge in [-0.3, -0.25) is 9.36 Å². The molecule has 0 amide bonds. The maximum atomic E-state index is 10.6. The molecule has 0 radical (unpaired) electrons. The van der Waals surface area contributed by atoms with Gasteiger partial charge in [0.15, 0.2) is 5.16 Å². The predicted octanol–water partition coefficient (Wildman–Crippen LogP) is 2.82. The second-order valence-electron chi connectivity index (χ2n) is 3.98.